The molecular formula is C12H12ClNO2S2. The summed E-state index contributed by atoms with van der Waals surface area (Å²) in [6.07, 6.45) is 0. The number of anilines is 1. The number of halogens is 1. The Morgan fingerprint density at radius 3 is 2.33 bits per heavy atom. The summed E-state index contributed by atoms with van der Waals surface area (Å²) in [6, 6.07) is 12.2. The van der Waals surface area contributed by atoms with Gasteiger partial charge in [-0.15, -0.1) is 11.3 Å². The van der Waals surface area contributed by atoms with Crippen molar-refractivity contribution in [2.24, 2.45) is 0 Å². The van der Waals surface area contributed by atoms with Crippen LogP contribution < -0.4 is 4.31 Å². The summed E-state index contributed by atoms with van der Waals surface area (Å²) in [5, 5.41) is 0. The molecule has 1 aromatic heterocycles. The van der Waals surface area contributed by atoms with Crippen LogP contribution in [0.15, 0.2) is 46.7 Å². The fourth-order valence-corrected chi connectivity index (χ4v) is 4.70. The monoisotopic (exact) mass is 301 g/mol. The molecule has 0 aliphatic heterocycles. The first-order valence-corrected chi connectivity index (χ1v) is 8.02. The van der Waals surface area contributed by atoms with Gasteiger partial charge in [-0.25, -0.2) is 8.42 Å². The highest BCUT2D eigenvalue weighted by Gasteiger charge is 2.24. The molecule has 3 nitrogen and oxygen atoms in total. The van der Waals surface area contributed by atoms with Gasteiger partial charge >= 0.3 is 0 Å². The summed E-state index contributed by atoms with van der Waals surface area (Å²) in [5.74, 6) is 0. The van der Waals surface area contributed by atoms with Crippen LogP contribution in [0.1, 0.15) is 6.92 Å². The Morgan fingerprint density at radius 1 is 1.17 bits per heavy atom. The van der Waals surface area contributed by atoms with Crippen LogP contribution in [0.3, 0.4) is 0 Å². The van der Waals surface area contributed by atoms with Crippen molar-refractivity contribution in [3.63, 3.8) is 0 Å². The molecule has 96 valence electrons. The molecule has 1 aromatic carbocycles. The lowest BCUT2D eigenvalue weighted by Gasteiger charge is -2.21. The van der Waals surface area contributed by atoms with Gasteiger partial charge in [-0.2, -0.15) is 0 Å². The van der Waals surface area contributed by atoms with Crippen LogP contribution in [0.4, 0.5) is 5.69 Å². The molecule has 0 atom stereocenters. The molecule has 2 rings (SSSR count). The van der Waals surface area contributed by atoms with Gasteiger partial charge in [-0.3, -0.25) is 4.31 Å². The zero-order valence-electron chi connectivity index (χ0n) is 9.71. The van der Waals surface area contributed by atoms with Gasteiger partial charge in [0.15, 0.2) is 0 Å². The summed E-state index contributed by atoms with van der Waals surface area (Å²) >= 11 is 6.86. The number of rotatable bonds is 4. The van der Waals surface area contributed by atoms with Crippen LogP contribution in [-0.4, -0.2) is 15.0 Å². The molecule has 18 heavy (non-hydrogen) atoms. The van der Waals surface area contributed by atoms with Gasteiger partial charge in [0, 0.05) is 6.54 Å². The van der Waals surface area contributed by atoms with Crippen molar-refractivity contribution in [1.29, 1.82) is 0 Å². The van der Waals surface area contributed by atoms with Crippen LogP contribution in [0, 0.1) is 0 Å². The van der Waals surface area contributed by atoms with Crippen LogP contribution in [0.2, 0.25) is 4.34 Å². The number of nitrogens with zero attached hydrogens (tertiary/aromatic N) is 1. The van der Waals surface area contributed by atoms with Crippen LogP contribution in [0.5, 0.6) is 0 Å². The van der Waals surface area contributed by atoms with Crippen molar-refractivity contribution < 1.29 is 8.42 Å². The molecule has 0 N–H and O–H groups in total. The molecule has 0 saturated heterocycles. The van der Waals surface area contributed by atoms with Crippen molar-refractivity contribution >= 4 is 38.6 Å². The molecule has 0 radical (unpaired) electrons. The number of thiophene rings is 1. The van der Waals surface area contributed by atoms with E-state index < -0.39 is 10.0 Å². The minimum Gasteiger partial charge on any atom is -0.266 e. The van der Waals surface area contributed by atoms with Crippen molar-refractivity contribution in [2.75, 3.05) is 10.8 Å². The van der Waals surface area contributed by atoms with Gasteiger partial charge in [0.1, 0.15) is 4.21 Å². The van der Waals surface area contributed by atoms with E-state index in [1.807, 2.05) is 18.2 Å². The zero-order valence-corrected chi connectivity index (χ0v) is 12.1. The van der Waals surface area contributed by atoms with Crippen LogP contribution in [-0.2, 0) is 10.0 Å². The molecule has 0 bridgehead atoms. The Hall–Kier alpha value is -1.04. The average molecular weight is 302 g/mol. The Balaban J connectivity index is 2.45. The Kier molecular flexibility index (Phi) is 3.94. The number of hydrogen-bond acceptors (Lipinski definition) is 3. The Labute approximate surface area is 116 Å². The quantitative estimate of drug-likeness (QED) is 0.865. The van der Waals surface area contributed by atoms with E-state index in [2.05, 4.69) is 0 Å². The third-order valence-corrected chi connectivity index (χ3v) is 6.03. The van der Waals surface area contributed by atoms with E-state index in [4.69, 9.17) is 11.6 Å². The second kappa shape index (κ2) is 5.30. The highest BCUT2D eigenvalue weighted by atomic mass is 35.5. The number of para-hydroxylation sites is 1. The van der Waals surface area contributed by atoms with Gasteiger partial charge in [-0.1, -0.05) is 29.8 Å². The molecule has 0 fully saturated rings. The molecule has 0 unspecified atom stereocenters. The second-order valence-corrected chi connectivity index (χ2v) is 7.37. The lowest BCUT2D eigenvalue weighted by Crippen LogP contribution is -2.30. The van der Waals surface area contributed by atoms with Gasteiger partial charge in [-0.05, 0) is 31.2 Å². The van der Waals surface area contributed by atoms with E-state index in [-0.39, 0.29) is 4.21 Å². The minimum atomic E-state index is -3.52. The first kappa shape index (κ1) is 13.4. The summed E-state index contributed by atoms with van der Waals surface area (Å²) in [4.78, 5) is 0. The van der Waals surface area contributed by atoms with Gasteiger partial charge in [0.25, 0.3) is 10.0 Å². The minimum absolute atomic E-state index is 0.262. The van der Waals surface area contributed by atoms with E-state index in [1.165, 1.54) is 10.4 Å². The normalized spacial score (nSPS) is 11.4. The topological polar surface area (TPSA) is 37.4 Å². The Bertz CT molecular complexity index is 623. The van der Waals surface area contributed by atoms with Gasteiger partial charge in [0.05, 0.1) is 10.0 Å². The molecule has 0 spiro atoms. The summed E-state index contributed by atoms with van der Waals surface area (Å²) < 4.78 is 27.0. The lowest BCUT2D eigenvalue weighted by molar-refractivity contribution is 0.594. The lowest BCUT2D eigenvalue weighted by atomic mass is 10.3. The van der Waals surface area contributed by atoms with E-state index in [0.717, 1.165) is 11.3 Å². The summed E-state index contributed by atoms with van der Waals surface area (Å²) in [6.45, 7) is 2.18. The molecule has 0 amide bonds. The number of sulfonamides is 1. The predicted octanol–water partition coefficient (Wildman–Crippen LogP) is 3.62. The molecule has 2 aromatic rings. The maximum Gasteiger partial charge on any atom is 0.273 e. The predicted molar refractivity (Wildman–Crippen MR) is 76.0 cm³/mol. The molecule has 1 heterocycles. The van der Waals surface area contributed by atoms with Crippen molar-refractivity contribution in [3.05, 3.63) is 46.8 Å². The average Bonchev–Trinajstić information content (AvgIpc) is 2.78. The van der Waals surface area contributed by atoms with E-state index >= 15 is 0 Å². The third-order valence-electron chi connectivity index (χ3n) is 2.42. The first-order valence-electron chi connectivity index (χ1n) is 5.39. The maximum absolute atomic E-state index is 12.5. The summed E-state index contributed by atoms with van der Waals surface area (Å²) in [5.41, 5.74) is 0.657. The summed E-state index contributed by atoms with van der Waals surface area (Å²) in [7, 11) is -3.52. The maximum atomic E-state index is 12.5. The van der Waals surface area contributed by atoms with E-state index in [0.29, 0.717) is 16.6 Å². The van der Waals surface area contributed by atoms with Crippen LogP contribution >= 0.6 is 22.9 Å². The van der Waals surface area contributed by atoms with Crippen molar-refractivity contribution in [3.8, 4) is 0 Å². The standard InChI is InChI=1S/C12H12ClNO2S2/c1-2-14(10-6-4-3-5-7-10)18(15,16)12-9-8-11(13)17-12/h3-9H,2H2,1H3. The largest absolute Gasteiger partial charge is 0.273 e. The highest BCUT2D eigenvalue weighted by molar-refractivity contribution is 7.94. The SMILES string of the molecule is CCN(c1ccccc1)S(=O)(=O)c1ccc(Cl)s1. The van der Waals surface area contributed by atoms with Crippen molar-refractivity contribution in [1.82, 2.24) is 0 Å². The molecule has 0 aliphatic rings. The molecule has 0 saturated carbocycles. The smallest absolute Gasteiger partial charge is 0.266 e. The molecule has 6 heteroatoms. The highest BCUT2D eigenvalue weighted by Crippen LogP contribution is 2.30. The third kappa shape index (κ3) is 2.53. The molecular weight excluding hydrogens is 290 g/mol. The second-order valence-electron chi connectivity index (χ2n) is 3.56. The Morgan fingerprint density at radius 2 is 1.83 bits per heavy atom. The number of hydrogen-bond donors (Lipinski definition) is 0. The van der Waals surface area contributed by atoms with Gasteiger partial charge in [0.2, 0.25) is 0 Å². The van der Waals surface area contributed by atoms with Gasteiger partial charge < -0.3 is 0 Å². The van der Waals surface area contributed by atoms with Crippen LogP contribution in [0.25, 0.3) is 0 Å². The van der Waals surface area contributed by atoms with E-state index in [1.54, 1.807) is 25.1 Å². The first-order chi connectivity index (χ1) is 8.55. The number of benzene rings is 1. The fraction of sp³-hybridized carbons (Fsp3) is 0.167. The van der Waals surface area contributed by atoms with Crippen molar-refractivity contribution in [2.45, 2.75) is 11.1 Å². The van der Waals surface area contributed by atoms with E-state index in [9.17, 15) is 8.42 Å². The fourth-order valence-electron chi connectivity index (χ4n) is 1.63. The molecule has 0 aliphatic carbocycles. The zero-order chi connectivity index (χ0) is 13.2.